The third-order valence-electron chi connectivity index (χ3n) is 1.57. The van der Waals surface area contributed by atoms with Crippen LogP contribution in [-0.2, 0) is 0 Å². The Balaban J connectivity index is 3.23. The zero-order chi connectivity index (χ0) is 9.84. The number of carbonyl (C=O) groups is 1. The summed E-state index contributed by atoms with van der Waals surface area (Å²) in [5.41, 5.74) is 0.434. The highest BCUT2D eigenvalue weighted by atomic mass is 16.5. The quantitative estimate of drug-likeness (QED) is 0.738. The van der Waals surface area contributed by atoms with E-state index in [0.717, 1.165) is 0 Å². The van der Waals surface area contributed by atoms with E-state index in [-0.39, 0.29) is 11.3 Å². The molecule has 0 aliphatic rings. The predicted molar refractivity (Wildman–Crippen MR) is 44.7 cm³/mol. The highest BCUT2D eigenvalue weighted by molar-refractivity contribution is 5.88. The van der Waals surface area contributed by atoms with Gasteiger partial charge in [0.2, 0.25) is 0 Å². The Labute approximate surface area is 75.0 Å². The molecule has 0 saturated carbocycles. The van der Waals surface area contributed by atoms with Crippen LogP contribution in [0.2, 0.25) is 0 Å². The fraction of sp³-hybridized carbons (Fsp3) is 0.111. The topological polar surface area (TPSA) is 70.3 Å². The number of aromatic carboxylic acids is 1. The average Bonchev–Trinajstić information content (AvgIpc) is 2.16. The van der Waals surface area contributed by atoms with E-state index < -0.39 is 5.97 Å². The van der Waals surface area contributed by atoms with E-state index in [1.165, 1.54) is 25.3 Å². The summed E-state index contributed by atoms with van der Waals surface area (Å²) in [5.74, 6) is -0.759. The Morgan fingerprint density at radius 2 is 2.31 bits per heavy atom. The fourth-order valence-electron chi connectivity index (χ4n) is 0.917. The second kappa shape index (κ2) is 3.59. The summed E-state index contributed by atoms with van der Waals surface area (Å²) in [6.07, 6.45) is 0. The Bertz CT molecular complexity index is 379. The van der Waals surface area contributed by atoms with Crippen molar-refractivity contribution in [2.45, 2.75) is 0 Å². The summed E-state index contributed by atoms with van der Waals surface area (Å²) in [5, 5.41) is 17.2. The van der Waals surface area contributed by atoms with Crippen molar-refractivity contribution in [3.8, 4) is 11.8 Å². The van der Waals surface area contributed by atoms with Crippen LogP contribution in [-0.4, -0.2) is 18.2 Å². The Morgan fingerprint density at radius 3 is 2.77 bits per heavy atom. The van der Waals surface area contributed by atoms with Crippen LogP contribution in [0.5, 0.6) is 5.75 Å². The predicted octanol–water partition coefficient (Wildman–Crippen LogP) is 1.27. The number of hydrogen-bond donors (Lipinski definition) is 1. The number of hydrogen-bond acceptors (Lipinski definition) is 3. The monoisotopic (exact) mass is 177 g/mol. The molecule has 4 nitrogen and oxygen atoms in total. The van der Waals surface area contributed by atoms with Crippen LogP contribution in [0.3, 0.4) is 0 Å². The van der Waals surface area contributed by atoms with Crippen molar-refractivity contribution in [3.63, 3.8) is 0 Å². The molecular formula is C9H7NO3. The molecule has 1 aromatic carbocycles. The van der Waals surface area contributed by atoms with Gasteiger partial charge in [-0.1, -0.05) is 0 Å². The number of ether oxygens (including phenoxy) is 1. The molecule has 0 radical (unpaired) electrons. The molecule has 0 aromatic heterocycles. The summed E-state index contributed by atoms with van der Waals surface area (Å²) < 4.78 is 4.84. The molecular weight excluding hydrogens is 170 g/mol. The first-order valence-corrected chi connectivity index (χ1v) is 3.50. The second-order valence-electron chi connectivity index (χ2n) is 2.33. The van der Waals surface area contributed by atoms with Crippen LogP contribution in [0, 0.1) is 11.3 Å². The van der Waals surface area contributed by atoms with Gasteiger partial charge in [0.25, 0.3) is 0 Å². The molecule has 0 amide bonds. The van der Waals surface area contributed by atoms with E-state index in [9.17, 15) is 4.79 Å². The maximum atomic E-state index is 10.5. The van der Waals surface area contributed by atoms with Gasteiger partial charge in [0.15, 0.2) is 0 Å². The summed E-state index contributed by atoms with van der Waals surface area (Å²) in [4.78, 5) is 10.5. The van der Waals surface area contributed by atoms with E-state index in [0.29, 0.717) is 5.56 Å². The molecule has 1 aromatic rings. The number of methoxy groups -OCH3 is 1. The molecule has 13 heavy (non-hydrogen) atoms. The first kappa shape index (κ1) is 9.07. The molecule has 66 valence electrons. The minimum absolute atomic E-state index is 0.107. The zero-order valence-electron chi connectivity index (χ0n) is 6.94. The number of nitrogens with zero attached hydrogens (tertiary/aromatic N) is 1. The van der Waals surface area contributed by atoms with Crippen molar-refractivity contribution in [1.29, 1.82) is 5.26 Å². The van der Waals surface area contributed by atoms with Crippen LogP contribution in [0.15, 0.2) is 18.2 Å². The van der Waals surface area contributed by atoms with E-state index in [1.54, 1.807) is 0 Å². The van der Waals surface area contributed by atoms with Crippen molar-refractivity contribution >= 4 is 5.97 Å². The summed E-state index contributed by atoms with van der Waals surface area (Å²) >= 11 is 0. The number of rotatable bonds is 2. The zero-order valence-corrected chi connectivity index (χ0v) is 6.94. The highest BCUT2D eigenvalue weighted by Gasteiger charge is 2.07. The molecule has 0 spiro atoms. The van der Waals surface area contributed by atoms with E-state index >= 15 is 0 Å². The normalized spacial score (nSPS) is 8.92. The van der Waals surface area contributed by atoms with Gasteiger partial charge in [-0.25, -0.2) is 4.79 Å². The lowest BCUT2D eigenvalue weighted by Crippen LogP contribution is -1.97. The maximum absolute atomic E-state index is 10.5. The lowest BCUT2D eigenvalue weighted by atomic mass is 10.1. The van der Waals surface area contributed by atoms with Gasteiger partial charge in [-0.2, -0.15) is 5.26 Å². The van der Waals surface area contributed by atoms with Gasteiger partial charge < -0.3 is 9.84 Å². The molecule has 0 bridgehead atoms. The van der Waals surface area contributed by atoms with Crippen molar-refractivity contribution in [2.24, 2.45) is 0 Å². The number of nitriles is 1. The van der Waals surface area contributed by atoms with Crippen molar-refractivity contribution < 1.29 is 14.6 Å². The minimum Gasteiger partial charge on any atom is -0.495 e. The van der Waals surface area contributed by atoms with Crippen molar-refractivity contribution in [3.05, 3.63) is 29.3 Å². The summed E-state index contributed by atoms with van der Waals surface area (Å²) in [6, 6.07) is 6.00. The van der Waals surface area contributed by atoms with Crippen molar-refractivity contribution in [1.82, 2.24) is 0 Å². The van der Waals surface area contributed by atoms with E-state index in [4.69, 9.17) is 15.1 Å². The molecule has 0 unspecified atom stereocenters. The van der Waals surface area contributed by atoms with Gasteiger partial charge in [0, 0.05) is 0 Å². The smallest absolute Gasteiger partial charge is 0.335 e. The Hall–Kier alpha value is -2.02. The number of benzene rings is 1. The van der Waals surface area contributed by atoms with Gasteiger partial charge in [0.05, 0.1) is 18.2 Å². The van der Waals surface area contributed by atoms with Crippen LogP contribution in [0.4, 0.5) is 0 Å². The van der Waals surface area contributed by atoms with Crippen LogP contribution < -0.4 is 4.74 Å². The first-order chi connectivity index (χ1) is 6.19. The van der Waals surface area contributed by atoms with Gasteiger partial charge in [-0.3, -0.25) is 0 Å². The fourth-order valence-corrected chi connectivity index (χ4v) is 0.917. The highest BCUT2D eigenvalue weighted by Crippen LogP contribution is 2.18. The first-order valence-electron chi connectivity index (χ1n) is 3.50. The van der Waals surface area contributed by atoms with Gasteiger partial charge in [-0.15, -0.1) is 0 Å². The SMILES string of the molecule is COc1cc(C(=O)O)ccc1C#N. The molecule has 1 N–H and O–H groups in total. The number of carboxylic acid groups (broad SMARTS) is 1. The molecule has 0 heterocycles. The lowest BCUT2D eigenvalue weighted by molar-refractivity contribution is 0.0696. The standard InChI is InChI=1S/C9H7NO3/c1-13-8-4-6(9(11)12)2-3-7(8)5-10/h2-4H,1H3,(H,11,12). The molecule has 0 aliphatic carbocycles. The van der Waals surface area contributed by atoms with Crippen molar-refractivity contribution in [2.75, 3.05) is 7.11 Å². The molecule has 1 rings (SSSR count). The second-order valence-corrected chi connectivity index (χ2v) is 2.33. The number of carboxylic acids is 1. The molecule has 0 atom stereocenters. The average molecular weight is 177 g/mol. The molecule has 0 fully saturated rings. The van der Waals surface area contributed by atoms with Gasteiger partial charge in [-0.05, 0) is 18.2 Å². The van der Waals surface area contributed by atoms with E-state index in [1.807, 2.05) is 6.07 Å². The van der Waals surface area contributed by atoms with Gasteiger partial charge >= 0.3 is 5.97 Å². The Morgan fingerprint density at radius 1 is 1.62 bits per heavy atom. The molecule has 4 heteroatoms. The third-order valence-corrected chi connectivity index (χ3v) is 1.57. The summed E-state index contributed by atoms with van der Waals surface area (Å²) in [6.45, 7) is 0. The molecule has 0 aliphatic heterocycles. The Kier molecular flexibility index (Phi) is 2.50. The lowest BCUT2D eigenvalue weighted by Gasteiger charge is -2.02. The van der Waals surface area contributed by atoms with Crippen LogP contribution in [0.25, 0.3) is 0 Å². The minimum atomic E-state index is -1.04. The van der Waals surface area contributed by atoms with E-state index in [2.05, 4.69) is 0 Å². The van der Waals surface area contributed by atoms with Crippen LogP contribution >= 0.6 is 0 Å². The van der Waals surface area contributed by atoms with Crippen LogP contribution in [0.1, 0.15) is 15.9 Å². The summed E-state index contributed by atoms with van der Waals surface area (Å²) in [7, 11) is 1.39. The molecule has 0 saturated heterocycles. The largest absolute Gasteiger partial charge is 0.495 e. The van der Waals surface area contributed by atoms with Gasteiger partial charge in [0.1, 0.15) is 11.8 Å². The maximum Gasteiger partial charge on any atom is 0.335 e. The third kappa shape index (κ3) is 1.76.